The van der Waals surface area contributed by atoms with Crippen molar-refractivity contribution < 1.29 is 9.47 Å². The van der Waals surface area contributed by atoms with Gasteiger partial charge < -0.3 is 15.2 Å². The number of ether oxygens (including phenoxy) is 2. The lowest BCUT2D eigenvalue weighted by Gasteiger charge is -2.14. The zero-order valence-corrected chi connectivity index (χ0v) is 9.40. The summed E-state index contributed by atoms with van der Waals surface area (Å²) in [4.78, 5) is 0. The molecule has 2 N–H and O–H groups in total. The van der Waals surface area contributed by atoms with E-state index in [2.05, 4.69) is 6.92 Å². The first-order chi connectivity index (χ1) is 7.27. The van der Waals surface area contributed by atoms with Crippen molar-refractivity contribution in [2.45, 2.75) is 13.8 Å². The minimum atomic E-state index is 0.361. The number of benzene rings is 1. The molecule has 1 rings (SSSR count). The number of hydrogen-bond acceptors (Lipinski definition) is 3. The third kappa shape index (κ3) is 3.80. The summed E-state index contributed by atoms with van der Waals surface area (Å²) in [5.74, 6) is 1.95. The van der Waals surface area contributed by atoms with Crippen molar-refractivity contribution in [3.05, 3.63) is 24.3 Å². The summed E-state index contributed by atoms with van der Waals surface area (Å²) in [5.41, 5.74) is 5.52. The molecule has 0 saturated heterocycles. The fourth-order valence-corrected chi connectivity index (χ4v) is 1.14. The van der Waals surface area contributed by atoms with E-state index in [1.54, 1.807) is 0 Å². The van der Waals surface area contributed by atoms with Crippen LogP contribution in [0.25, 0.3) is 0 Å². The minimum Gasteiger partial charge on any atom is -0.490 e. The molecule has 84 valence electrons. The van der Waals surface area contributed by atoms with Gasteiger partial charge in [-0.15, -0.1) is 0 Å². The summed E-state index contributed by atoms with van der Waals surface area (Å²) in [5, 5.41) is 0. The molecular formula is C12H19NO2. The van der Waals surface area contributed by atoms with Gasteiger partial charge in [0.2, 0.25) is 0 Å². The lowest BCUT2D eigenvalue weighted by atomic mass is 10.2. The number of hydrogen-bond donors (Lipinski definition) is 1. The van der Waals surface area contributed by atoms with Crippen molar-refractivity contribution in [3.63, 3.8) is 0 Å². The first kappa shape index (κ1) is 11.9. The van der Waals surface area contributed by atoms with Crippen LogP contribution >= 0.6 is 0 Å². The highest BCUT2D eigenvalue weighted by Gasteiger charge is 2.05. The first-order valence-electron chi connectivity index (χ1n) is 5.32. The standard InChI is InChI=1S/C12H19NO2/c1-3-14-11-6-4-5-7-12(11)15-9-10(2)8-13/h4-7,10H,3,8-9,13H2,1-2H3. The molecule has 0 amide bonds. The summed E-state index contributed by atoms with van der Waals surface area (Å²) in [6, 6.07) is 7.69. The van der Waals surface area contributed by atoms with Crippen molar-refractivity contribution in [1.82, 2.24) is 0 Å². The van der Waals surface area contributed by atoms with Crippen LogP contribution in [0.15, 0.2) is 24.3 Å². The van der Waals surface area contributed by atoms with E-state index in [1.807, 2.05) is 31.2 Å². The Kier molecular flexibility index (Phi) is 4.98. The van der Waals surface area contributed by atoms with Crippen LogP contribution in [-0.2, 0) is 0 Å². The van der Waals surface area contributed by atoms with E-state index in [4.69, 9.17) is 15.2 Å². The van der Waals surface area contributed by atoms with Gasteiger partial charge >= 0.3 is 0 Å². The van der Waals surface area contributed by atoms with Gasteiger partial charge in [-0.1, -0.05) is 19.1 Å². The largest absolute Gasteiger partial charge is 0.490 e. The van der Waals surface area contributed by atoms with Gasteiger partial charge in [-0.05, 0) is 25.6 Å². The van der Waals surface area contributed by atoms with Gasteiger partial charge in [0.05, 0.1) is 13.2 Å². The van der Waals surface area contributed by atoms with Crippen LogP contribution in [-0.4, -0.2) is 19.8 Å². The average molecular weight is 209 g/mol. The van der Waals surface area contributed by atoms with E-state index < -0.39 is 0 Å². The van der Waals surface area contributed by atoms with Crippen molar-refractivity contribution in [1.29, 1.82) is 0 Å². The lowest BCUT2D eigenvalue weighted by molar-refractivity contribution is 0.243. The fourth-order valence-electron chi connectivity index (χ4n) is 1.14. The third-order valence-corrected chi connectivity index (χ3v) is 2.07. The van der Waals surface area contributed by atoms with Gasteiger partial charge in [-0.3, -0.25) is 0 Å². The van der Waals surface area contributed by atoms with Crippen molar-refractivity contribution in [2.75, 3.05) is 19.8 Å². The van der Waals surface area contributed by atoms with Crippen LogP contribution < -0.4 is 15.2 Å². The normalized spacial score (nSPS) is 12.2. The summed E-state index contributed by atoms with van der Waals surface area (Å²) in [6.07, 6.45) is 0. The van der Waals surface area contributed by atoms with Crippen molar-refractivity contribution >= 4 is 0 Å². The molecule has 1 aromatic rings. The Hall–Kier alpha value is -1.22. The van der Waals surface area contributed by atoms with Crippen LogP contribution in [0.3, 0.4) is 0 Å². The summed E-state index contributed by atoms with van der Waals surface area (Å²) in [7, 11) is 0. The number of rotatable bonds is 6. The number of nitrogens with two attached hydrogens (primary N) is 1. The van der Waals surface area contributed by atoms with Crippen LogP contribution in [0.5, 0.6) is 11.5 Å². The zero-order valence-electron chi connectivity index (χ0n) is 9.40. The maximum absolute atomic E-state index is 5.64. The van der Waals surface area contributed by atoms with Crippen LogP contribution in [0.2, 0.25) is 0 Å². The van der Waals surface area contributed by atoms with E-state index in [0.717, 1.165) is 11.5 Å². The average Bonchev–Trinajstić information content (AvgIpc) is 2.28. The molecule has 0 spiro atoms. The molecule has 0 fully saturated rings. The van der Waals surface area contributed by atoms with Gasteiger partial charge in [0, 0.05) is 5.92 Å². The second kappa shape index (κ2) is 6.30. The van der Waals surface area contributed by atoms with Gasteiger partial charge in [0.25, 0.3) is 0 Å². The van der Waals surface area contributed by atoms with E-state index in [9.17, 15) is 0 Å². The molecule has 15 heavy (non-hydrogen) atoms. The molecule has 1 atom stereocenters. The Labute approximate surface area is 91.2 Å². The molecule has 0 aromatic heterocycles. The fraction of sp³-hybridized carbons (Fsp3) is 0.500. The molecule has 1 unspecified atom stereocenters. The van der Waals surface area contributed by atoms with Crippen LogP contribution in [0.4, 0.5) is 0 Å². The van der Waals surface area contributed by atoms with Gasteiger partial charge in [0.15, 0.2) is 11.5 Å². The molecular weight excluding hydrogens is 190 g/mol. The predicted molar refractivity (Wildman–Crippen MR) is 61.3 cm³/mol. The molecule has 0 saturated carbocycles. The van der Waals surface area contributed by atoms with Crippen LogP contribution in [0.1, 0.15) is 13.8 Å². The maximum Gasteiger partial charge on any atom is 0.161 e. The molecule has 3 nitrogen and oxygen atoms in total. The molecule has 1 aromatic carbocycles. The Morgan fingerprint density at radius 2 is 1.80 bits per heavy atom. The summed E-state index contributed by atoms with van der Waals surface area (Å²) in [6.45, 7) is 5.92. The quantitative estimate of drug-likeness (QED) is 0.780. The Balaban J connectivity index is 2.58. The van der Waals surface area contributed by atoms with Crippen LogP contribution in [0, 0.1) is 5.92 Å². The van der Waals surface area contributed by atoms with Crippen molar-refractivity contribution in [2.24, 2.45) is 11.7 Å². The molecule has 0 bridgehead atoms. The predicted octanol–water partition coefficient (Wildman–Crippen LogP) is 2.06. The van der Waals surface area contributed by atoms with Gasteiger partial charge in [0.1, 0.15) is 0 Å². The first-order valence-corrected chi connectivity index (χ1v) is 5.32. The summed E-state index contributed by atoms with van der Waals surface area (Å²) < 4.78 is 11.1. The molecule has 0 radical (unpaired) electrons. The second-order valence-corrected chi connectivity index (χ2v) is 3.53. The monoisotopic (exact) mass is 209 g/mol. The van der Waals surface area contributed by atoms with Gasteiger partial charge in [-0.25, -0.2) is 0 Å². The maximum atomic E-state index is 5.64. The van der Waals surface area contributed by atoms with Gasteiger partial charge in [-0.2, -0.15) is 0 Å². The molecule has 0 heterocycles. The zero-order chi connectivity index (χ0) is 11.1. The SMILES string of the molecule is CCOc1ccccc1OCC(C)CN. The van der Waals surface area contributed by atoms with E-state index in [0.29, 0.717) is 25.7 Å². The third-order valence-electron chi connectivity index (χ3n) is 2.07. The minimum absolute atomic E-state index is 0.361. The Bertz CT molecular complexity index is 289. The second-order valence-electron chi connectivity index (χ2n) is 3.53. The Morgan fingerprint density at radius 1 is 1.20 bits per heavy atom. The number of para-hydroxylation sites is 2. The Morgan fingerprint density at radius 3 is 2.33 bits per heavy atom. The molecule has 0 aliphatic rings. The highest BCUT2D eigenvalue weighted by atomic mass is 16.5. The molecule has 0 aliphatic heterocycles. The summed E-state index contributed by atoms with van der Waals surface area (Å²) >= 11 is 0. The van der Waals surface area contributed by atoms with Crippen molar-refractivity contribution in [3.8, 4) is 11.5 Å². The lowest BCUT2D eigenvalue weighted by Crippen LogP contribution is -2.18. The highest BCUT2D eigenvalue weighted by Crippen LogP contribution is 2.26. The van der Waals surface area contributed by atoms with E-state index in [1.165, 1.54) is 0 Å². The van der Waals surface area contributed by atoms with E-state index >= 15 is 0 Å². The highest BCUT2D eigenvalue weighted by molar-refractivity contribution is 5.39. The molecule has 3 heteroatoms. The smallest absolute Gasteiger partial charge is 0.161 e. The topological polar surface area (TPSA) is 44.5 Å². The molecule has 0 aliphatic carbocycles. The van der Waals surface area contributed by atoms with E-state index in [-0.39, 0.29) is 0 Å².